The molecule has 0 unspecified atom stereocenters. The molecule has 188 valence electrons. The fourth-order valence-corrected chi connectivity index (χ4v) is 3.70. The van der Waals surface area contributed by atoms with Gasteiger partial charge in [0, 0.05) is 26.2 Å². The van der Waals surface area contributed by atoms with E-state index in [1.165, 1.54) is 12.3 Å². The van der Waals surface area contributed by atoms with Crippen LogP contribution in [0, 0.1) is 13.8 Å². The molecule has 9 heteroatoms. The minimum atomic E-state index is -4.41. The summed E-state index contributed by atoms with van der Waals surface area (Å²) in [6, 6.07) is 11.4. The maximum atomic E-state index is 13.2. The Morgan fingerprint density at radius 1 is 1.06 bits per heavy atom. The first kappa shape index (κ1) is 26.4. The van der Waals surface area contributed by atoms with Crippen molar-refractivity contribution < 1.29 is 22.4 Å². The molecule has 0 bridgehead atoms. The van der Waals surface area contributed by atoms with Gasteiger partial charge in [-0.25, -0.2) is 4.98 Å². The van der Waals surface area contributed by atoms with Crippen LogP contribution >= 0.6 is 0 Å². The summed E-state index contributed by atoms with van der Waals surface area (Å²) in [6.07, 6.45) is -3.11. The SMILES string of the molecule is Cc1ccc(CN(Cc2cccc(C(F)(F)F)c2)Cc2nc(C(=O)NCCN(C)C)co2)c(C)c1. The van der Waals surface area contributed by atoms with Crippen LogP contribution < -0.4 is 5.32 Å². The second kappa shape index (κ2) is 11.5. The Hall–Kier alpha value is -3.17. The molecule has 1 amide bonds. The molecule has 35 heavy (non-hydrogen) atoms. The number of alkyl halides is 3. The molecule has 1 aromatic heterocycles. The summed E-state index contributed by atoms with van der Waals surface area (Å²) in [4.78, 5) is 20.6. The van der Waals surface area contributed by atoms with Gasteiger partial charge in [0.1, 0.15) is 6.26 Å². The van der Waals surface area contributed by atoms with Crippen LogP contribution in [0.4, 0.5) is 13.2 Å². The van der Waals surface area contributed by atoms with Gasteiger partial charge >= 0.3 is 6.18 Å². The Kier molecular flexibility index (Phi) is 8.69. The number of benzene rings is 2. The molecule has 0 fully saturated rings. The number of likely N-dealkylation sites (N-methyl/N-ethyl adjacent to an activating group) is 1. The monoisotopic (exact) mass is 488 g/mol. The van der Waals surface area contributed by atoms with Gasteiger partial charge in [-0.1, -0.05) is 42.0 Å². The third kappa shape index (κ3) is 7.93. The van der Waals surface area contributed by atoms with Gasteiger partial charge in [-0.05, 0) is 50.7 Å². The molecule has 3 aromatic rings. The number of carbonyl (C=O) groups excluding carboxylic acids is 1. The van der Waals surface area contributed by atoms with Crippen molar-refractivity contribution in [1.29, 1.82) is 0 Å². The number of aromatic nitrogens is 1. The molecular weight excluding hydrogens is 457 g/mol. The maximum Gasteiger partial charge on any atom is 0.416 e. The highest BCUT2D eigenvalue weighted by molar-refractivity contribution is 5.91. The number of nitrogens with zero attached hydrogens (tertiary/aromatic N) is 3. The van der Waals surface area contributed by atoms with E-state index in [2.05, 4.69) is 16.4 Å². The molecule has 0 saturated heterocycles. The Bertz CT molecular complexity index is 1140. The van der Waals surface area contributed by atoms with Gasteiger partial charge in [-0.15, -0.1) is 0 Å². The van der Waals surface area contributed by atoms with Crippen molar-refractivity contribution in [2.24, 2.45) is 0 Å². The van der Waals surface area contributed by atoms with Gasteiger partial charge < -0.3 is 14.6 Å². The molecule has 6 nitrogen and oxygen atoms in total. The summed E-state index contributed by atoms with van der Waals surface area (Å²) in [5.74, 6) is -0.0137. The van der Waals surface area contributed by atoms with Crippen LogP contribution in [0.3, 0.4) is 0 Å². The average Bonchev–Trinajstić information content (AvgIpc) is 3.23. The number of oxazole rings is 1. The van der Waals surface area contributed by atoms with Gasteiger partial charge in [0.05, 0.1) is 12.1 Å². The second-order valence-corrected chi connectivity index (χ2v) is 8.96. The Labute approximate surface area is 203 Å². The van der Waals surface area contributed by atoms with Gasteiger partial charge in [-0.3, -0.25) is 9.69 Å². The zero-order chi connectivity index (χ0) is 25.6. The average molecular weight is 489 g/mol. The smallest absolute Gasteiger partial charge is 0.416 e. The summed E-state index contributed by atoms with van der Waals surface area (Å²) in [5.41, 5.74) is 3.29. The molecule has 0 spiro atoms. The number of nitrogens with one attached hydrogen (secondary N) is 1. The number of halogens is 3. The van der Waals surface area contributed by atoms with Crippen LogP contribution in [-0.2, 0) is 25.8 Å². The Morgan fingerprint density at radius 2 is 1.83 bits per heavy atom. The first-order valence-corrected chi connectivity index (χ1v) is 11.3. The topological polar surface area (TPSA) is 61.6 Å². The van der Waals surface area contributed by atoms with Gasteiger partial charge in [0.15, 0.2) is 5.69 Å². The molecule has 0 radical (unpaired) electrons. The normalized spacial score (nSPS) is 11.9. The van der Waals surface area contributed by atoms with Gasteiger partial charge in [0.2, 0.25) is 5.89 Å². The standard InChI is InChI=1S/C26H31F3N4O2/c1-18-8-9-21(19(2)12-18)15-33(14-20-6-5-7-22(13-20)26(27,28)29)16-24-31-23(17-35-24)25(34)30-10-11-32(3)4/h5-9,12-13,17H,10-11,14-16H2,1-4H3,(H,30,34). The van der Waals surface area contributed by atoms with E-state index in [1.807, 2.05) is 49.9 Å². The van der Waals surface area contributed by atoms with E-state index in [0.717, 1.165) is 28.8 Å². The van der Waals surface area contributed by atoms with E-state index in [4.69, 9.17) is 4.42 Å². The highest BCUT2D eigenvalue weighted by atomic mass is 19.4. The highest BCUT2D eigenvalue weighted by Gasteiger charge is 2.30. The van der Waals surface area contributed by atoms with E-state index in [9.17, 15) is 18.0 Å². The lowest BCUT2D eigenvalue weighted by atomic mass is 10.0. The third-order valence-electron chi connectivity index (χ3n) is 5.54. The van der Waals surface area contributed by atoms with E-state index in [1.54, 1.807) is 6.07 Å². The predicted octanol–water partition coefficient (Wildman–Crippen LogP) is 4.80. The van der Waals surface area contributed by atoms with E-state index >= 15 is 0 Å². The zero-order valence-electron chi connectivity index (χ0n) is 20.4. The largest absolute Gasteiger partial charge is 0.447 e. The molecule has 0 atom stereocenters. The fourth-order valence-electron chi connectivity index (χ4n) is 3.70. The first-order valence-electron chi connectivity index (χ1n) is 11.3. The van der Waals surface area contributed by atoms with Crippen molar-refractivity contribution in [3.8, 4) is 0 Å². The van der Waals surface area contributed by atoms with Crippen molar-refractivity contribution in [2.75, 3.05) is 27.2 Å². The number of rotatable bonds is 10. The van der Waals surface area contributed by atoms with E-state index in [-0.39, 0.29) is 24.7 Å². The van der Waals surface area contributed by atoms with Crippen LogP contribution in [0.5, 0.6) is 0 Å². The van der Waals surface area contributed by atoms with Crippen molar-refractivity contribution in [3.05, 3.63) is 88.1 Å². The summed E-state index contributed by atoms with van der Waals surface area (Å²) < 4.78 is 45.2. The van der Waals surface area contributed by atoms with Crippen LogP contribution in [0.1, 0.15) is 44.2 Å². The fraction of sp³-hybridized carbons (Fsp3) is 0.385. The first-order chi connectivity index (χ1) is 16.5. The highest BCUT2D eigenvalue weighted by Crippen LogP contribution is 2.30. The Morgan fingerprint density at radius 3 is 2.51 bits per heavy atom. The summed E-state index contributed by atoms with van der Waals surface area (Å²) >= 11 is 0. The minimum Gasteiger partial charge on any atom is -0.447 e. The number of carbonyl (C=O) groups is 1. The summed E-state index contributed by atoms with van der Waals surface area (Å²) in [5, 5.41) is 2.79. The summed E-state index contributed by atoms with van der Waals surface area (Å²) in [7, 11) is 3.82. The zero-order valence-corrected chi connectivity index (χ0v) is 20.4. The molecule has 1 N–H and O–H groups in total. The molecule has 3 rings (SSSR count). The minimum absolute atomic E-state index is 0.171. The molecule has 1 heterocycles. The Balaban J connectivity index is 1.78. The third-order valence-corrected chi connectivity index (χ3v) is 5.54. The molecule has 0 aliphatic rings. The molecule has 0 saturated carbocycles. The summed E-state index contributed by atoms with van der Waals surface area (Å²) in [6.45, 7) is 6.15. The predicted molar refractivity (Wildman–Crippen MR) is 128 cm³/mol. The van der Waals surface area contributed by atoms with Crippen molar-refractivity contribution in [1.82, 2.24) is 20.1 Å². The van der Waals surface area contributed by atoms with Crippen LogP contribution in [0.25, 0.3) is 0 Å². The maximum absolute atomic E-state index is 13.2. The lowest BCUT2D eigenvalue weighted by Gasteiger charge is -2.23. The number of amides is 1. The van der Waals surface area contributed by atoms with Crippen LogP contribution in [0.15, 0.2) is 53.1 Å². The lowest BCUT2D eigenvalue weighted by Crippen LogP contribution is -2.31. The van der Waals surface area contributed by atoms with Gasteiger partial charge in [-0.2, -0.15) is 13.2 Å². The quantitative estimate of drug-likeness (QED) is 0.444. The number of aryl methyl sites for hydroxylation is 2. The van der Waals surface area contributed by atoms with Gasteiger partial charge in [0.25, 0.3) is 5.91 Å². The van der Waals surface area contributed by atoms with E-state index in [0.29, 0.717) is 31.1 Å². The van der Waals surface area contributed by atoms with Crippen LogP contribution in [-0.4, -0.2) is 47.9 Å². The van der Waals surface area contributed by atoms with E-state index < -0.39 is 11.7 Å². The second-order valence-electron chi connectivity index (χ2n) is 8.96. The van der Waals surface area contributed by atoms with Crippen molar-refractivity contribution in [3.63, 3.8) is 0 Å². The van der Waals surface area contributed by atoms with Crippen LogP contribution in [0.2, 0.25) is 0 Å². The number of hydrogen-bond acceptors (Lipinski definition) is 5. The molecule has 0 aliphatic carbocycles. The molecular formula is C26H31F3N4O2. The molecule has 0 aliphatic heterocycles. The van der Waals surface area contributed by atoms with Crippen molar-refractivity contribution >= 4 is 5.91 Å². The number of hydrogen-bond donors (Lipinski definition) is 1. The lowest BCUT2D eigenvalue weighted by molar-refractivity contribution is -0.137. The van der Waals surface area contributed by atoms with Crippen molar-refractivity contribution in [2.45, 2.75) is 39.7 Å². The molecule has 2 aromatic carbocycles.